The monoisotopic (exact) mass is 696 g/mol. The molecule has 1 saturated heterocycles. The zero-order valence-corrected chi connectivity index (χ0v) is 29.4. The quantitative estimate of drug-likeness (QED) is 0.152. The zero-order valence-electron chi connectivity index (χ0n) is 29.4. The van der Waals surface area contributed by atoms with Gasteiger partial charge in [-0.2, -0.15) is 0 Å². The highest BCUT2D eigenvalue weighted by Crippen LogP contribution is 2.22. The molecule has 4 aromatic rings. The van der Waals surface area contributed by atoms with E-state index in [-0.39, 0.29) is 29.4 Å². The minimum Gasteiger partial charge on any atom is -0.389 e. The van der Waals surface area contributed by atoms with E-state index < -0.39 is 35.7 Å². The topological polar surface area (TPSA) is 102 Å². The highest BCUT2D eigenvalue weighted by Gasteiger charge is 2.38. The SMILES string of the molecule is CCCN(CCC)C(=O)c1cc(C)cc(C(=O)N[C@@H](Cc2cc(F)cc(F)c2)C(O)[C@@H]2NCCN(Cc3ccc(-c4ccccc4)cc3)C2=O)c1. The third-order valence-electron chi connectivity index (χ3n) is 9.07. The molecule has 1 unspecified atom stereocenters. The molecule has 4 aromatic carbocycles. The molecule has 0 radical (unpaired) electrons. The van der Waals surface area contributed by atoms with Gasteiger partial charge < -0.3 is 25.5 Å². The number of benzene rings is 4. The van der Waals surface area contributed by atoms with Crippen molar-refractivity contribution in [2.24, 2.45) is 0 Å². The van der Waals surface area contributed by atoms with Crippen LogP contribution >= 0.6 is 0 Å². The number of rotatable bonds is 14. The lowest BCUT2D eigenvalue weighted by molar-refractivity contribution is -0.140. The van der Waals surface area contributed by atoms with Crippen LogP contribution in [0.1, 0.15) is 64.1 Å². The summed E-state index contributed by atoms with van der Waals surface area (Å²) >= 11 is 0. The molecule has 1 aliphatic rings. The molecule has 3 atom stereocenters. The average molecular weight is 697 g/mol. The zero-order chi connectivity index (χ0) is 36.5. The van der Waals surface area contributed by atoms with Crippen molar-refractivity contribution in [3.8, 4) is 11.1 Å². The fraction of sp³-hybridized carbons (Fsp3) is 0.341. The number of aliphatic hydroxyl groups excluding tert-OH is 1. The summed E-state index contributed by atoms with van der Waals surface area (Å²) in [5.41, 5.74) is 4.50. The Morgan fingerprint density at radius 2 is 1.51 bits per heavy atom. The van der Waals surface area contributed by atoms with Crippen LogP contribution in [0.2, 0.25) is 0 Å². The number of carbonyl (C=O) groups excluding carboxylic acids is 3. The van der Waals surface area contributed by atoms with E-state index in [1.807, 2.05) is 68.4 Å². The van der Waals surface area contributed by atoms with Crippen LogP contribution in [0.25, 0.3) is 11.1 Å². The lowest BCUT2D eigenvalue weighted by atomic mass is 9.93. The largest absolute Gasteiger partial charge is 0.389 e. The minimum atomic E-state index is -1.47. The van der Waals surface area contributed by atoms with Gasteiger partial charge in [-0.3, -0.25) is 14.4 Å². The van der Waals surface area contributed by atoms with E-state index in [9.17, 15) is 28.3 Å². The number of aryl methyl sites for hydroxylation is 1. The van der Waals surface area contributed by atoms with Gasteiger partial charge in [-0.15, -0.1) is 0 Å². The maximum atomic E-state index is 14.2. The molecule has 3 amide bonds. The fourth-order valence-electron chi connectivity index (χ4n) is 6.63. The van der Waals surface area contributed by atoms with Crippen LogP contribution in [-0.4, -0.2) is 77.0 Å². The molecule has 1 fully saturated rings. The van der Waals surface area contributed by atoms with Gasteiger partial charge in [-0.05, 0) is 84.3 Å². The lowest BCUT2D eigenvalue weighted by Gasteiger charge is -2.38. The molecule has 51 heavy (non-hydrogen) atoms. The first-order valence-electron chi connectivity index (χ1n) is 17.6. The van der Waals surface area contributed by atoms with Crippen LogP contribution < -0.4 is 10.6 Å². The summed E-state index contributed by atoms with van der Waals surface area (Å²) < 4.78 is 28.5. The van der Waals surface area contributed by atoms with Crippen LogP contribution in [0.15, 0.2) is 91.0 Å². The van der Waals surface area contributed by atoms with Gasteiger partial charge in [0.2, 0.25) is 5.91 Å². The lowest BCUT2D eigenvalue weighted by Crippen LogP contribution is -2.63. The van der Waals surface area contributed by atoms with E-state index >= 15 is 0 Å². The van der Waals surface area contributed by atoms with Crippen LogP contribution in [0, 0.1) is 18.6 Å². The second-order valence-corrected chi connectivity index (χ2v) is 13.2. The summed E-state index contributed by atoms with van der Waals surface area (Å²) in [5, 5.41) is 17.7. The van der Waals surface area contributed by atoms with Gasteiger partial charge in [0.05, 0.1) is 12.1 Å². The minimum absolute atomic E-state index is 0.160. The number of nitrogens with one attached hydrogen (secondary N) is 2. The van der Waals surface area contributed by atoms with E-state index in [0.717, 1.165) is 47.7 Å². The summed E-state index contributed by atoms with van der Waals surface area (Å²) in [5.74, 6) is -2.74. The molecule has 10 heteroatoms. The number of halogens is 2. The Balaban J connectivity index is 1.37. The van der Waals surface area contributed by atoms with Crippen LogP contribution in [-0.2, 0) is 17.8 Å². The molecule has 0 aromatic heterocycles. The fourth-order valence-corrected chi connectivity index (χ4v) is 6.63. The summed E-state index contributed by atoms with van der Waals surface area (Å²) in [4.78, 5) is 44.5. The molecule has 1 aliphatic heterocycles. The molecule has 268 valence electrons. The number of piperazine rings is 1. The van der Waals surface area contributed by atoms with Crippen molar-refractivity contribution < 1.29 is 28.3 Å². The Morgan fingerprint density at radius 3 is 2.16 bits per heavy atom. The third kappa shape index (κ3) is 9.65. The number of hydrogen-bond donors (Lipinski definition) is 3. The first-order chi connectivity index (χ1) is 24.6. The van der Waals surface area contributed by atoms with Crippen LogP contribution in [0.3, 0.4) is 0 Å². The highest BCUT2D eigenvalue weighted by molar-refractivity contribution is 6.00. The number of carbonyl (C=O) groups is 3. The predicted molar refractivity (Wildman–Crippen MR) is 194 cm³/mol. The number of hydrogen-bond acceptors (Lipinski definition) is 5. The Morgan fingerprint density at radius 1 is 0.882 bits per heavy atom. The van der Waals surface area contributed by atoms with Gasteiger partial charge in [0.15, 0.2) is 0 Å². The smallest absolute Gasteiger partial charge is 0.253 e. The van der Waals surface area contributed by atoms with Crippen molar-refractivity contribution in [2.45, 2.75) is 64.8 Å². The van der Waals surface area contributed by atoms with Gasteiger partial charge in [0.1, 0.15) is 17.7 Å². The molecular weight excluding hydrogens is 650 g/mol. The first kappa shape index (κ1) is 37.3. The van der Waals surface area contributed by atoms with Crippen molar-refractivity contribution in [3.63, 3.8) is 0 Å². The van der Waals surface area contributed by atoms with Crippen molar-refractivity contribution in [1.29, 1.82) is 0 Å². The van der Waals surface area contributed by atoms with E-state index in [4.69, 9.17) is 0 Å². The molecule has 0 spiro atoms. The molecular formula is C41H46F2N4O4. The molecule has 3 N–H and O–H groups in total. The van der Waals surface area contributed by atoms with E-state index in [0.29, 0.717) is 43.9 Å². The van der Waals surface area contributed by atoms with Crippen molar-refractivity contribution in [2.75, 3.05) is 26.2 Å². The Hall–Kier alpha value is -4.93. The molecule has 5 rings (SSSR count). The standard InChI is InChI=1S/C41H46F2N4O4/c1-4-16-46(17-5-2)40(50)33-20-27(3)19-32(24-33)39(49)45-36(23-29-21-34(42)25-35(43)22-29)38(48)37-41(51)47(18-15-44-37)26-28-11-13-31(14-12-28)30-9-7-6-8-10-30/h6-14,19-22,24-25,36-38,44,48H,4-5,15-18,23,26H2,1-3H3,(H,45,49)/t36-,37-,38?/m0/s1. The Bertz CT molecular complexity index is 1790. The van der Waals surface area contributed by atoms with E-state index in [1.165, 1.54) is 6.07 Å². The summed E-state index contributed by atoms with van der Waals surface area (Å²) in [6.45, 7) is 8.05. The van der Waals surface area contributed by atoms with Gasteiger partial charge in [-0.25, -0.2) is 8.78 Å². The Labute approximate surface area is 298 Å². The maximum absolute atomic E-state index is 14.2. The molecule has 0 aliphatic carbocycles. The second kappa shape index (κ2) is 17.3. The van der Waals surface area contributed by atoms with Crippen molar-refractivity contribution in [3.05, 3.63) is 130 Å². The average Bonchev–Trinajstić information content (AvgIpc) is 3.11. The number of aliphatic hydroxyl groups is 1. The van der Waals surface area contributed by atoms with Crippen LogP contribution in [0.4, 0.5) is 8.78 Å². The summed E-state index contributed by atoms with van der Waals surface area (Å²) in [6, 6.07) is 23.6. The van der Waals surface area contributed by atoms with Gasteiger partial charge >= 0.3 is 0 Å². The van der Waals surface area contributed by atoms with E-state index in [1.54, 1.807) is 28.9 Å². The first-order valence-corrected chi connectivity index (χ1v) is 17.6. The molecule has 0 bridgehead atoms. The van der Waals surface area contributed by atoms with Crippen molar-refractivity contribution >= 4 is 17.7 Å². The normalized spacial score (nSPS) is 15.7. The van der Waals surface area contributed by atoms with Gasteiger partial charge in [-0.1, -0.05) is 68.4 Å². The van der Waals surface area contributed by atoms with Gasteiger partial charge in [0, 0.05) is 49.9 Å². The van der Waals surface area contributed by atoms with Crippen LogP contribution in [0.5, 0.6) is 0 Å². The summed E-state index contributed by atoms with van der Waals surface area (Å²) in [6.07, 6.45) is -0.0491. The highest BCUT2D eigenvalue weighted by atomic mass is 19.1. The maximum Gasteiger partial charge on any atom is 0.253 e. The number of nitrogens with zero attached hydrogens (tertiary/aromatic N) is 2. The molecule has 0 saturated carbocycles. The third-order valence-corrected chi connectivity index (χ3v) is 9.07. The van der Waals surface area contributed by atoms with Gasteiger partial charge in [0.25, 0.3) is 11.8 Å². The molecule has 1 heterocycles. The molecule has 8 nitrogen and oxygen atoms in total. The van der Waals surface area contributed by atoms with E-state index in [2.05, 4.69) is 10.6 Å². The predicted octanol–water partition coefficient (Wildman–Crippen LogP) is 5.91. The second-order valence-electron chi connectivity index (χ2n) is 13.2. The summed E-state index contributed by atoms with van der Waals surface area (Å²) in [7, 11) is 0. The Kier molecular flexibility index (Phi) is 12.7. The number of amides is 3. The van der Waals surface area contributed by atoms with Crippen molar-refractivity contribution in [1.82, 2.24) is 20.4 Å².